The minimum Gasteiger partial charge on any atom is -0.456 e. The van der Waals surface area contributed by atoms with Crippen LogP contribution in [0.3, 0.4) is 0 Å². The van der Waals surface area contributed by atoms with Gasteiger partial charge in [-0.15, -0.1) is 11.3 Å². The third kappa shape index (κ3) is 4.26. The molecule has 1 nitrogen and oxygen atoms in total. The molecule has 0 N–H and O–H groups in total. The number of furan rings is 1. The van der Waals surface area contributed by atoms with Crippen molar-refractivity contribution in [1.29, 1.82) is 0 Å². The molecule has 12 rings (SSSR count). The zero-order chi connectivity index (χ0) is 35.3. The highest BCUT2D eigenvalue weighted by Gasteiger charge is 2.20. The van der Waals surface area contributed by atoms with E-state index in [1.807, 2.05) is 17.4 Å². The van der Waals surface area contributed by atoms with Gasteiger partial charge in [-0.2, -0.15) is 0 Å². The van der Waals surface area contributed by atoms with Crippen molar-refractivity contribution >= 4 is 96.5 Å². The quantitative estimate of drug-likeness (QED) is 0.167. The summed E-state index contributed by atoms with van der Waals surface area (Å²) < 4.78 is 8.83. The molecular weight excluding hydrogens is 673 g/mol. The van der Waals surface area contributed by atoms with Crippen LogP contribution in [0.5, 0.6) is 0 Å². The van der Waals surface area contributed by atoms with Crippen LogP contribution in [0.4, 0.5) is 0 Å². The summed E-state index contributed by atoms with van der Waals surface area (Å²) in [4.78, 5) is 0. The normalized spacial score (nSPS) is 12.1. The van der Waals surface area contributed by atoms with Crippen LogP contribution >= 0.6 is 11.3 Å². The highest BCUT2D eigenvalue weighted by Crippen LogP contribution is 2.47. The number of thiophene rings is 1. The Kier molecular flexibility index (Phi) is 6.28. The maximum Gasteiger partial charge on any atom is 0.136 e. The Morgan fingerprint density at radius 3 is 1.65 bits per heavy atom. The topological polar surface area (TPSA) is 13.1 Å². The molecule has 2 aromatic heterocycles. The van der Waals surface area contributed by atoms with Gasteiger partial charge in [0.05, 0.1) is 0 Å². The van der Waals surface area contributed by atoms with Gasteiger partial charge in [0.25, 0.3) is 0 Å². The molecule has 2 heteroatoms. The van der Waals surface area contributed by atoms with E-state index < -0.39 is 0 Å². The van der Waals surface area contributed by atoms with Crippen molar-refractivity contribution in [2.75, 3.05) is 0 Å². The highest BCUT2D eigenvalue weighted by atomic mass is 32.1. The van der Waals surface area contributed by atoms with E-state index in [1.165, 1.54) is 107 Å². The van der Waals surface area contributed by atoms with E-state index in [4.69, 9.17) is 4.42 Å². The Morgan fingerprint density at radius 2 is 0.907 bits per heavy atom. The number of fused-ring (bicyclic) bond motifs is 11. The average Bonchev–Trinajstić information content (AvgIpc) is 3.80. The van der Waals surface area contributed by atoms with E-state index in [-0.39, 0.29) is 0 Å². The van der Waals surface area contributed by atoms with Gasteiger partial charge in [0.15, 0.2) is 0 Å². The van der Waals surface area contributed by atoms with Gasteiger partial charge in [-0.25, -0.2) is 0 Å². The van der Waals surface area contributed by atoms with Crippen LogP contribution in [-0.4, -0.2) is 0 Å². The van der Waals surface area contributed by atoms with Crippen molar-refractivity contribution in [2.45, 2.75) is 0 Å². The number of hydrogen-bond acceptors (Lipinski definition) is 2. The minimum atomic E-state index is 0.935. The van der Waals surface area contributed by atoms with E-state index in [0.717, 1.165) is 11.2 Å². The molecule has 2 heterocycles. The molecule has 0 radical (unpaired) electrons. The lowest BCUT2D eigenvalue weighted by Crippen LogP contribution is -1.92. The predicted molar refractivity (Wildman–Crippen MR) is 233 cm³/mol. The van der Waals surface area contributed by atoms with E-state index in [9.17, 15) is 0 Å². The predicted octanol–water partition coefficient (Wildman–Crippen LogP) is 15.6. The SMILES string of the molecule is c1ccc(-c2c3ccccc3c(-c3ccc(-c4ccc5sc6cc7c(ccc8oc9ccccc9c87)cc6c5c4)c4ccccc34)c3ccccc23)cc1. The van der Waals surface area contributed by atoms with Crippen LogP contribution in [0.25, 0.3) is 119 Å². The second-order valence-corrected chi connectivity index (χ2v) is 15.4. The third-order valence-electron chi connectivity index (χ3n) is 11.4. The average molecular weight is 703 g/mol. The molecule has 0 bridgehead atoms. The summed E-state index contributed by atoms with van der Waals surface area (Å²) in [6.45, 7) is 0. The van der Waals surface area contributed by atoms with E-state index >= 15 is 0 Å². The second kappa shape index (κ2) is 11.4. The van der Waals surface area contributed by atoms with Crippen molar-refractivity contribution in [3.8, 4) is 33.4 Å². The minimum absolute atomic E-state index is 0.935. The first-order valence-corrected chi connectivity index (χ1v) is 19.3. The van der Waals surface area contributed by atoms with Crippen LogP contribution in [0, 0.1) is 0 Å². The van der Waals surface area contributed by atoms with E-state index in [0.29, 0.717) is 0 Å². The Morgan fingerprint density at radius 1 is 0.315 bits per heavy atom. The molecule has 10 aromatic carbocycles. The fourth-order valence-electron chi connectivity index (χ4n) is 9.09. The van der Waals surface area contributed by atoms with Gasteiger partial charge in [-0.1, -0.05) is 146 Å². The molecule has 0 spiro atoms. The van der Waals surface area contributed by atoms with Gasteiger partial charge in [-0.3, -0.25) is 0 Å². The van der Waals surface area contributed by atoms with E-state index in [1.54, 1.807) is 0 Å². The number of benzene rings is 10. The Hall–Kier alpha value is -6.74. The standard InChI is InChI=1S/C52H30OS/c1-2-12-31(13-3-1)50-37-16-6-8-18-39(37)51(40-19-9-7-17-38(40)50)41-25-24-34(35-14-4-5-15-36(35)41)32-23-27-48-44(28-32)45-29-33-22-26-47-52(43(33)30-49(45)54-48)42-20-10-11-21-46(42)53-47/h1-30H. The maximum atomic E-state index is 6.24. The molecule has 0 fully saturated rings. The first-order valence-electron chi connectivity index (χ1n) is 18.5. The van der Waals surface area contributed by atoms with Crippen molar-refractivity contribution in [1.82, 2.24) is 0 Å². The smallest absolute Gasteiger partial charge is 0.136 e. The molecule has 0 atom stereocenters. The second-order valence-electron chi connectivity index (χ2n) is 14.3. The van der Waals surface area contributed by atoms with Crippen LogP contribution in [0.1, 0.15) is 0 Å². The zero-order valence-corrected chi connectivity index (χ0v) is 30.0. The summed E-state index contributed by atoms with van der Waals surface area (Å²) in [6, 6.07) is 66.8. The molecule has 12 aromatic rings. The fraction of sp³-hybridized carbons (Fsp3) is 0. The van der Waals surface area contributed by atoms with Crippen LogP contribution in [0.2, 0.25) is 0 Å². The van der Waals surface area contributed by atoms with Crippen molar-refractivity contribution < 1.29 is 4.42 Å². The largest absolute Gasteiger partial charge is 0.456 e. The van der Waals surface area contributed by atoms with Crippen LogP contribution in [0.15, 0.2) is 186 Å². The zero-order valence-electron chi connectivity index (χ0n) is 29.1. The summed E-state index contributed by atoms with van der Waals surface area (Å²) in [6.07, 6.45) is 0. The summed E-state index contributed by atoms with van der Waals surface area (Å²) in [5, 5.41) is 15.1. The molecular formula is C52H30OS. The Balaban J connectivity index is 1.07. The summed E-state index contributed by atoms with van der Waals surface area (Å²) in [5.74, 6) is 0. The first kappa shape index (κ1) is 29.8. The Labute approximate surface area is 314 Å². The number of para-hydroxylation sites is 1. The molecule has 0 aliphatic heterocycles. The summed E-state index contributed by atoms with van der Waals surface area (Å²) in [5.41, 5.74) is 9.43. The number of rotatable bonds is 3. The molecule has 250 valence electrons. The highest BCUT2D eigenvalue weighted by molar-refractivity contribution is 7.25. The van der Waals surface area contributed by atoms with Gasteiger partial charge >= 0.3 is 0 Å². The van der Waals surface area contributed by atoms with Crippen molar-refractivity contribution in [3.63, 3.8) is 0 Å². The van der Waals surface area contributed by atoms with Gasteiger partial charge in [0, 0.05) is 30.9 Å². The van der Waals surface area contributed by atoms with E-state index in [2.05, 4.69) is 176 Å². The molecule has 0 saturated carbocycles. The molecule has 0 aliphatic rings. The first-order chi connectivity index (χ1) is 26.8. The lowest BCUT2D eigenvalue weighted by atomic mass is 9.84. The lowest BCUT2D eigenvalue weighted by molar-refractivity contribution is 0.669. The van der Waals surface area contributed by atoms with Crippen LogP contribution < -0.4 is 0 Å². The molecule has 0 saturated heterocycles. The monoisotopic (exact) mass is 702 g/mol. The lowest BCUT2D eigenvalue weighted by Gasteiger charge is -2.19. The van der Waals surface area contributed by atoms with Gasteiger partial charge in [0.1, 0.15) is 11.2 Å². The maximum absolute atomic E-state index is 6.24. The van der Waals surface area contributed by atoms with Gasteiger partial charge < -0.3 is 4.42 Å². The molecule has 0 amide bonds. The van der Waals surface area contributed by atoms with Crippen molar-refractivity contribution in [3.05, 3.63) is 182 Å². The fourth-order valence-corrected chi connectivity index (χ4v) is 10.2. The number of hydrogen-bond donors (Lipinski definition) is 0. The van der Waals surface area contributed by atoms with Crippen molar-refractivity contribution in [2.24, 2.45) is 0 Å². The molecule has 0 unspecified atom stereocenters. The third-order valence-corrected chi connectivity index (χ3v) is 12.6. The van der Waals surface area contributed by atoms with Gasteiger partial charge in [0.2, 0.25) is 0 Å². The summed E-state index contributed by atoms with van der Waals surface area (Å²) >= 11 is 1.87. The molecule has 0 aliphatic carbocycles. The Bertz CT molecular complexity index is 3440. The summed E-state index contributed by atoms with van der Waals surface area (Å²) in [7, 11) is 0. The van der Waals surface area contributed by atoms with Crippen LogP contribution in [-0.2, 0) is 0 Å². The van der Waals surface area contributed by atoms with Gasteiger partial charge in [-0.05, 0) is 113 Å². The molecule has 54 heavy (non-hydrogen) atoms.